The molecule has 1 aliphatic rings. The van der Waals surface area contributed by atoms with Crippen LogP contribution in [0.1, 0.15) is 6.42 Å². The van der Waals surface area contributed by atoms with Gasteiger partial charge in [0.2, 0.25) is 5.91 Å². The van der Waals surface area contributed by atoms with E-state index < -0.39 is 9.84 Å². The summed E-state index contributed by atoms with van der Waals surface area (Å²) >= 11 is 1.35. The normalized spacial score (nSPS) is 17.9. The van der Waals surface area contributed by atoms with E-state index in [0.717, 1.165) is 16.0 Å². The van der Waals surface area contributed by atoms with Crippen molar-refractivity contribution in [1.82, 2.24) is 4.98 Å². The molecule has 138 valence electrons. The predicted molar refractivity (Wildman–Crippen MR) is 106 cm³/mol. The van der Waals surface area contributed by atoms with E-state index in [1.807, 2.05) is 48.5 Å². The molecule has 2 heterocycles. The number of thiazole rings is 1. The second-order valence-corrected chi connectivity index (χ2v) is 9.20. The number of rotatable bonds is 5. The molecule has 0 spiro atoms. The van der Waals surface area contributed by atoms with Crippen LogP contribution in [0.4, 0.5) is 5.13 Å². The topological polar surface area (TPSA) is 85.4 Å². The van der Waals surface area contributed by atoms with Crippen LogP contribution in [0.3, 0.4) is 0 Å². The number of nitrogens with zero attached hydrogens (tertiary/aromatic N) is 1. The van der Waals surface area contributed by atoms with Crippen molar-refractivity contribution in [2.45, 2.75) is 6.42 Å². The fraction of sp³-hybridized carbons (Fsp3) is 0.158. The van der Waals surface area contributed by atoms with Crippen LogP contribution in [0.2, 0.25) is 0 Å². The number of allylic oxidation sites excluding steroid dienone is 1. The van der Waals surface area contributed by atoms with Crippen molar-refractivity contribution < 1.29 is 17.9 Å². The van der Waals surface area contributed by atoms with E-state index in [0.29, 0.717) is 10.9 Å². The minimum absolute atomic E-state index is 0.0134. The number of nitrogens with one attached hydrogen (secondary N) is 1. The van der Waals surface area contributed by atoms with Crippen LogP contribution in [0.25, 0.3) is 10.2 Å². The maximum Gasteiger partial charge on any atom is 0.226 e. The standard InChI is InChI=1S/C19H16N2O4S2/c22-18(10-13-8-9-27(23,24)12-13)21-19-20-16-7-6-15(11-17(16)26-19)25-14-4-2-1-3-5-14/h1-9,11,13H,10,12H2,(H,20,21,22). The van der Waals surface area contributed by atoms with Gasteiger partial charge in [-0.3, -0.25) is 4.79 Å². The molecule has 1 N–H and O–H groups in total. The minimum atomic E-state index is -3.15. The Morgan fingerprint density at radius 3 is 2.74 bits per heavy atom. The van der Waals surface area contributed by atoms with Crippen LogP contribution in [-0.2, 0) is 14.6 Å². The molecule has 0 radical (unpaired) electrons. The highest BCUT2D eigenvalue weighted by molar-refractivity contribution is 7.94. The Hall–Kier alpha value is -2.71. The zero-order valence-corrected chi connectivity index (χ0v) is 15.8. The van der Waals surface area contributed by atoms with Crippen LogP contribution in [0.5, 0.6) is 11.5 Å². The third-order valence-electron chi connectivity index (χ3n) is 4.04. The highest BCUT2D eigenvalue weighted by atomic mass is 32.2. The van der Waals surface area contributed by atoms with E-state index in [1.54, 1.807) is 6.08 Å². The summed E-state index contributed by atoms with van der Waals surface area (Å²) < 4.78 is 29.5. The fourth-order valence-electron chi connectivity index (χ4n) is 2.82. The van der Waals surface area contributed by atoms with Crippen molar-refractivity contribution in [3.63, 3.8) is 0 Å². The molecule has 2 aromatic carbocycles. The van der Waals surface area contributed by atoms with Gasteiger partial charge in [-0.25, -0.2) is 13.4 Å². The van der Waals surface area contributed by atoms with Gasteiger partial charge in [0.05, 0.1) is 16.0 Å². The van der Waals surface area contributed by atoms with Gasteiger partial charge >= 0.3 is 0 Å². The molecule has 27 heavy (non-hydrogen) atoms. The number of anilines is 1. The number of hydrogen-bond donors (Lipinski definition) is 1. The Balaban J connectivity index is 1.44. The number of hydrogen-bond acceptors (Lipinski definition) is 6. The number of sulfone groups is 1. The van der Waals surface area contributed by atoms with E-state index >= 15 is 0 Å². The Bertz CT molecular complexity index is 1120. The first-order valence-corrected chi connectivity index (χ1v) is 10.8. The Kier molecular flexibility index (Phi) is 4.67. The molecule has 3 aromatic rings. The molecule has 4 rings (SSSR count). The summed E-state index contributed by atoms with van der Waals surface area (Å²) in [7, 11) is -3.15. The summed E-state index contributed by atoms with van der Waals surface area (Å²) in [5, 5.41) is 4.41. The monoisotopic (exact) mass is 400 g/mol. The molecule has 0 bridgehead atoms. The lowest BCUT2D eigenvalue weighted by Gasteiger charge is -2.05. The van der Waals surface area contributed by atoms with Crippen molar-refractivity contribution in [3.8, 4) is 11.5 Å². The minimum Gasteiger partial charge on any atom is -0.457 e. The molecule has 8 heteroatoms. The second-order valence-electron chi connectivity index (χ2n) is 6.23. The molecule has 1 aromatic heterocycles. The zero-order valence-electron chi connectivity index (χ0n) is 14.2. The molecule has 0 saturated heterocycles. The average Bonchev–Trinajstić information content (AvgIpc) is 3.17. The first-order chi connectivity index (χ1) is 13.0. The predicted octanol–water partition coefficient (Wildman–Crippen LogP) is 3.98. The summed E-state index contributed by atoms with van der Waals surface area (Å²) in [5.74, 6) is 0.892. The quantitative estimate of drug-likeness (QED) is 0.700. The molecular weight excluding hydrogens is 384 g/mol. The SMILES string of the molecule is O=C(CC1C=CS(=O)(=O)C1)Nc1nc2ccc(Oc3ccccc3)cc2s1. The van der Waals surface area contributed by atoms with Crippen molar-refractivity contribution in [1.29, 1.82) is 0 Å². The number of ether oxygens (including phenoxy) is 1. The molecular formula is C19H16N2O4S2. The molecule has 1 aliphatic heterocycles. The van der Waals surface area contributed by atoms with Gasteiger partial charge in [-0.1, -0.05) is 35.6 Å². The summed E-state index contributed by atoms with van der Waals surface area (Å²) in [6.07, 6.45) is 1.69. The molecule has 0 saturated carbocycles. The summed E-state index contributed by atoms with van der Waals surface area (Å²) in [6.45, 7) is 0. The molecule has 6 nitrogen and oxygen atoms in total. The number of benzene rings is 2. The number of para-hydroxylation sites is 1. The van der Waals surface area contributed by atoms with Gasteiger partial charge in [-0.2, -0.15) is 0 Å². The lowest BCUT2D eigenvalue weighted by atomic mass is 10.1. The number of aromatic nitrogens is 1. The van der Waals surface area contributed by atoms with Crippen LogP contribution >= 0.6 is 11.3 Å². The van der Waals surface area contributed by atoms with Crippen molar-refractivity contribution in [2.75, 3.05) is 11.1 Å². The third kappa shape index (κ3) is 4.35. The number of carbonyl (C=O) groups excluding carboxylic acids is 1. The van der Waals surface area contributed by atoms with E-state index in [2.05, 4.69) is 10.3 Å². The number of carbonyl (C=O) groups is 1. The summed E-state index contributed by atoms with van der Waals surface area (Å²) in [4.78, 5) is 16.6. The van der Waals surface area contributed by atoms with E-state index in [1.165, 1.54) is 16.7 Å². The van der Waals surface area contributed by atoms with Gasteiger partial charge in [-0.05, 0) is 24.3 Å². The second kappa shape index (κ2) is 7.13. The zero-order chi connectivity index (χ0) is 18.9. The Labute approximate surface area is 160 Å². The number of fused-ring (bicyclic) bond motifs is 1. The third-order valence-corrected chi connectivity index (χ3v) is 6.44. The molecule has 0 fully saturated rings. The smallest absolute Gasteiger partial charge is 0.226 e. The lowest BCUT2D eigenvalue weighted by molar-refractivity contribution is -0.116. The van der Waals surface area contributed by atoms with Crippen molar-refractivity contribution in [3.05, 3.63) is 60.0 Å². The largest absolute Gasteiger partial charge is 0.457 e. The average molecular weight is 400 g/mol. The van der Waals surface area contributed by atoms with E-state index in [4.69, 9.17) is 4.74 Å². The summed E-state index contributed by atoms with van der Waals surface area (Å²) in [5.41, 5.74) is 0.763. The molecule has 1 atom stereocenters. The van der Waals surface area contributed by atoms with Gasteiger partial charge in [0.25, 0.3) is 0 Å². The van der Waals surface area contributed by atoms with E-state index in [9.17, 15) is 13.2 Å². The molecule has 1 unspecified atom stereocenters. The first kappa shape index (κ1) is 17.7. The molecule has 1 amide bonds. The van der Waals surface area contributed by atoms with Crippen LogP contribution < -0.4 is 10.1 Å². The van der Waals surface area contributed by atoms with Crippen LogP contribution in [-0.4, -0.2) is 25.1 Å². The Morgan fingerprint density at radius 2 is 2.00 bits per heavy atom. The van der Waals surface area contributed by atoms with E-state index in [-0.39, 0.29) is 24.0 Å². The van der Waals surface area contributed by atoms with Gasteiger partial charge in [-0.15, -0.1) is 0 Å². The van der Waals surface area contributed by atoms with Gasteiger partial charge in [0.15, 0.2) is 15.0 Å². The summed E-state index contributed by atoms with van der Waals surface area (Å²) in [6, 6.07) is 15.0. The van der Waals surface area contributed by atoms with Crippen molar-refractivity contribution in [2.24, 2.45) is 5.92 Å². The number of amides is 1. The lowest BCUT2D eigenvalue weighted by Crippen LogP contribution is -2.17. The molecule has 0 aliphatic carbocycles. The first-order valence-electron chi connectivity index (χ1n) is 8.31. The maximum absolute atomic E-state index is 12.2. The van der Waals surface area contributed by atoms with Crippen LogP contribution in [0, 0.1) is 5.92 Å². The van der Waals surface area contributed by atoms with Gasteiger partial charge in [0.1, 0.15) is 11.5 Å². The van der Waals surface area contributed by atoms with Crippen LogP contribution in [0.15, 0.2) is 60.0 Å². The Morgan fingerprint density at radius 1 is 1.19 bits per heavy atom. The maximum atomic E-state index is 12.2. The highest BCUT2D eigenvalue weighted by Crippen LogP contribution is 2.31. The highest BCUT2D eigenvalue weighted by Gasteiger charge is 2.24. The van der Waals surface area contributed by atoms with Crippen molar-refractivity contribution >= 4 is 42.4 Å². The van der Waals surface area contributed by atoms with Gasteiger partial charge in [0, 0.05) is 23.8 Å². The fourth-order valence-corrected chi connectivity index (χ4v) is 5.13. The van der Waals surface area contributed by atoms with Gasteiger partial charge < -0.3 is 10.1 Å².